The minimum Gasteiger partial charge on any atom is -0.491 e. The first-order chi connectivity index (χ1) is 11.1. The maximum atomic E-state index is 12.3. The van der Waals surface area contributed by atoms with Crippen molar-refractivity contribution in [3.05, 3.63) is 36.2 Å². The molecule has 0 atom stereocenters. The molecule has 0 radical (unpaired) electrons. The van der Waals surface area contributed by atoms with Crippen LogP contribution in [0.15, 0.2) is 35.4 Å². The van der Waals surface area contributed by atoms with E-state index >= 15 is 0 Å². The summed E-state index contributed by atoms with van der Waals surface area (Å²) in [5.41, 5.74) is 0.147. The zero-order valence-electron chi connectivity index (χ0n) is 12.4. The first-order valence-corrected chi connectivity index (χ1v) is 8.32. The second-order valence-electron chi connectivity index (χ2n) is 4.39. The number of hydrogen-bond donors (Lipinski definition) is 2. The van der Waals surface area contributed by atoms with Gasteiger partial charge in [-0.1, -0.05) is 0 Å². The molecule has 0 amide bonds. The summed E-state index contributed by atoms with van der Waals surface area (Å²) in [5, 5.41) is 14.9. The third-order valence-electron chi connectivity index (χ3n) is 2.83. The van der Waals surface area contributed by atoms with Crippen LogP contribution in [-0.2, 0) is 14.8 Å². The smallest absolute Gasteiger partial charge is 0.262 e. The van der Waals surface area contributed by atoms with Crippen LogP contribution >= 0.6 is 0 Å². The van der Waals surface area contributed by atoms with Gasteiger partial charge in [0, 0.05) is 6.61 Å². The average Bonchev–Trinajstić information content (AvgIpc) is 2.98. The maximum absolute atomic E-state index is 12.3. The molecule has 122 valence electrons. The highest BCUT2D eigenvalue weighted by Crippen LogP contribution is 2.20. The molecule has 2 rings (SSSR count). The maximum Gasteiger partial charge on any atom is 0.262 e. The molecule has 0 aliphatic heterocycles. The van der Waals surface area contributed by atoms with E-state index in [-0.39, 0.29) is 16.3 Å². The Morgan fingerprint density at radius 1 is 1.30 bits per heavy atom. The normalized spacial score (nSPS) is 11.0. The van der Waals surface area contributed by atoms with Crippen molar-refractivity contribution in [2.75, 3.05) is 24.5 Å². The van der Waals surface area contributed by atoms with E-state index in [0.717, 1.165) is 0 Å². The quantitative estimate of drug-likeness (QED) is 0.705. The molecule has 1 heterocycles. The molecule has 0 bridgehead atoms. The van der Waals surface area contributed by atoms with E-state index in [4.69, 9.17) is 14.7 Å². The lowest BCUT2D eigenvalue weighted by atomic mass is 10.3. The van der Waals surface area contributed by atoms with Crippen LogP contribution in [0.1, 0.15) is 12.6 Å². The second kappa shape index (κ2) is 7.62. The zero-order valence-corrected chi connectivity index (χ0v) is 13.3. The molecule has 0 spiro atoms. The number of nitrogens with one attached hydrogen (secondary N) is 2. The largest absolute Gasteiger partial charge is 0.491 e. The highest BCUT2D eigenvalue weighted by atomic mass is 32.2. The minimum absolute atomic E-state index is 0.0458. The molecule has 9 heteroatoms. The van der Waals surface area contributed by atoms with Gasteiger partial charge < -0.3 is 9.47 Å². The summed E-state index contributed by atoms with van der Waals surface area (Å²) in [4.78, 5) is 0.0553. The second-order valence-corrected chi connectivity index (χ2v) is 6.08. The van der Waals surface area contributed by atoms with Gasteiger partial charge in [-0.05, 0) is 31.2 Å². The lowest BCUT2D eigenvalue weighted by Gasteiger charge is -2.09. The summed E-state index contributed by atoms with van der Waals surface area (Å²) in [6.45, 7) is 3.36. The Hall–Kier alpha value is -2.57. The topological polar surface area (TPSA) is 117 Å². The summed E-state index contributed by atoms with van der Waals surface area (Å²) in [7, 11) is -3.80. The number of nitrogens with zero attached hydrogens (tertiary/aromatic N) is 2. The van der Waals surface area contributed by atoms with Gasteiger partial charge in [-0.2, -0.15) is 10.4 Å². The van der Waals surface area contributed by atoms with Crippen LogP contribution in [0.4, 0.5) is 5.69 Å². The van der Waals surface area contributed by atoms with E-state index in [1.165, 1.54) is 18.3 Å². The van der Waals surface area contributed by atoms with Crippen molar-refractivity contribution in [1.29, 1.82) is 5.26 Å². The van der Waals surface area contributed by atoms with Gasteiger partial charge in [0.25, 0.3) is 10.0 Å². The first kappa shape index (κ1) is 16.8. The van der Waals surface area contributed by atoms with Crippen molar-refractivity contribution in [2.24, 2.45) is 0 Å². The molecule has 2 N–H and O–H groups in total. The van der Waals surface area contributed by atoms with Crippen LogP contribution < -0.4 is 9.46 Å². The molecule has 1 aromatic carbocycles. The van der Waals surface area contributed by atoms with Crippen LogP contribution in [0.2, 0.25) is 0 Å². The predicted molar refractivity (Wildman–Crippen MR) is 82.5 cm³/mol. The lowest BCUT2D eigenvalue weighted by Crippen LogP contribution is -2.13. The van der Waals surface area contributed by atoms with Crippen LogP contribution in [-0.4, -0.2) is 38.4 Å². The van der Waals surface area contributed by atoms with Crippen LogP contribution in [0.5, 0.6) is 5.75 Å². The van der Waals surface area contributed by atoms with Gasteiger partial charge in [0.2, 0.25) is 0 Å². The molecule has 0 aliphatic rings. The molecule has 23 heavy (non-hydrogen) atoms. The molecule has 0 saturated carbocycles. The molecule has 1 aromatic heterocycles. The van der Waals surface area contributed by atoms with Crippen LogP contribution in [0.25, 0.3) is 0 Å². The zero-order chi connectivity index (χ0) is 16.7. The number of aromatic nitrogens is 2. The third kappa shape index (κ3) is 4.45. The van der Waals surface area contributed by atoms with Crippen molar-refractivity contribution in [3.8, 4) is 11.8 Å². The highest BCUT2D eigenvalue weighted by molar-refractivity contribution is 7.92. The Morgan fingerprint density at radius 3 is 2.70 bits per heavy atom. The lowest BCUT2D eigenvalue weighted by molar-refractivity contribution is 0.110. The van der Waals surface area contributed by atoms with Gasteiger partial charge in [0.15, 0.2) is 5.69 Å². The standard InChI is InChI=1S/C14H16N4O4S/c1-2-21-7-8-22-11-3-5-12(6-4-11)23(19,20)18-14-10-16-17-13(14)9-15/h3-6,10,18H,2,7-8H2,1H3,(H,16,17). The fraction of sp³-hybridized carbons (Fsp3) is 0.286. The van der Waals surface area contributed by atoms with Crippen LogP contribution in [0.3, 0.4) is 0 Å². The number of anilines is 1. The monoisotopic (exact) mass is 336 g/mol. The van der Waals surface area contributed by atoms with E-state index in [1.54, 1.807) is 12.1 Å². The minimum atomic E-state index is -3.80. The number of H-pyrrole nitrogens is 1. The van der Waals surface area contributed by atoms with E-state index in [9.17, 15) is 8.42 Å². The van der Waals surface area contributed by atoms with Gasteiger partial charge >= 0.3 is 0 Å². The molecular weight excluding hydrogens is 320 g/mol. The number of sulfonamides is 1. The van der Waals surface area contributed by atoms with E-state index in [2.05, 4.69) is 14.9 Å². The summed E-state index contributed by atoms with van der Waals surface area (Å²) in [6, 6.07) is 7.77. The van der Waals surface area contributed by atoms with Gasteiger partial charge in [-0.3, -0.25) is 9.82 Å². The Bertz CT molecular complexity index is 778. The molecule has 2 aromatic rings. The SMILES string of the molecule is CCOCCOc1ccc(S(=O)(=O)Nc2cn[nH]c2C#N)cc1. The molecule has 0 saturated heterocycles. The number of hydrogen-bond acceptors (Lipinski definition) is 6. The van der Waals surface area contributed by atoms with E-state index < -0.39 is 10.0 Å². The number of nitriles is 1. The van der Waals surface area contributed by atoms with Crippen molar-refractivity contribution < 1.29 is 17.9 Å². The summed E-state index contributed by atoms with van der Waals surface area (Å²) >= 11 is 0. The highest BCUT2D eigenvalue weighted by Gasteiger charge is 2.17. The fourth-order valence-corrected chi connectivity index (χ4v) is 2.79. The first-order valence-electron chi connectivity index (χ1n) is 6.83. The van der Waals surface area contributed by atoms with Gasteiger partial charge in [0.1, 0.15) is 24.1 Å². The van der Waals surface area contributed by atoms with Crippen molar-refractivity contribution in [1.82, 2.24) is 10.2 Å². The summed E-state index contributed by atoms with van der Waals surface area (Å²) in [6.07, 6.45) is 1.24. The van der Waals surface area contributed by atoms with Crippen molar-refractivity contribution in [2.45, 2.75) is 11.8 Å². The Labute approximate surface area is 134 Å². The molecule has 0 fully saturated rings. The van der Waals surface area contributed by atoms with E-state index in [0.29, 0.717) is 25.6 Å². The van der Waals surface area contributed by atoms with Gasteiger partial charge in [-0.15, -0.1) is 0 Å². The predicted octanol–water partition coefficient (Wildman–Crippen LogP) is 1.50. The molecule has 0 unspecified atom stereocenters. The Morgan fingerprint density at radius 2 is 2.04 bits per heavy atom. The number of aromatic amines is 1. The van der Waals surface area contributed by atoms with Crippen molar-refractivity contribution >= 4 is 15.7 Å². The number of benzene rings is 1. The number of ether oxygens (including phenoxy) is 2. The Kier molecular flexibility index (Phi) is 5.56. The van der Waals surface area contributed by atoms with Gasteiger partial charge in [-0.25, -0.2) is 8.42 Å². The molecule has 8 nitrogen and oxygen atoms in total. The third-order valence-corrected chi connectivity index (χ3v) is 4.21. The molecular formula is C14H16N4O4S. The number of rotatable bonds is 8. The Balaban J connectivity index is 2.04. The average molecular weight is 336 g/mol. The van der Waals surface area contributed by atoms with Crippen LogP contribution in [0, 0.1) is 11.3 Å². The molecule has 0 aliphatic carbocycles. The van der Waals surface area contributed by atoms with Crippen molar-refractivity contribution in [3.63, 3.8) is 0 Å². The summed E-state index contributed by atoms with van der Waals surface area (Å²) < 4.78 is 37.4. The van der Waals surface area contributed by atoms with Gasteiger partial charge in [0.05, 0.1) is 17.7 Å². The summed E-state index contributed by atoms with van der Waals surface area (Å²) in [5.74, 6) is 0.546. The van der Waals surface area contributed by atoms with E-state index in [1.807, 2.05) is 13.0 Å². The fourth-order valence-electron chi connectivity index (χ4n) is 1.73.